The summed E-state index contributed by atoms with van der Waals surface area (Å²) in [5.74, 6) is 0.130. The van der Waals surface area contributed by atoms with Crippen LogP contribution in [0.25, 0.3) is 0 Å². The molecular weight excluding hydrogens is 309 g/mol. The quantitative estimate of drug-likeness (QED) is 0.885. The summed E-state index contributed by atoms with van der Waals surface area (Å²) in [7, 11) is 0. The van der Waals surface area contributed by atoms with Crippen LogP contribution in [0, 0.1) is 6.92 Å². The Bertz CT molecular complexity index is 641. The van der Waals surface area contributed by atoms with Crippen molar-refractivity contribution in [1.82, 2.24) is 0 Å². The molecule has 0 radical (unpaired) electrons. The van der Waals surface area contributed by atoms with E-state index in [1.807, 2.05) is 31.2 Å². The molecule has 3 nitrogen and oxygen atoms in total. The van der Waals surface area contributed by atoms with Gasteiger partial charge in [-0.2, -0.15) is 0 Å². The van der Waals surface area contributed by atoms with E-state index < -0.39 is 6.10 Å². The van der Waals surface area contributed by atoms with E-state index in [0.29, 0.717) is 15.8 Å². The molecule has 110 valence electrons. The Morgan fingerprint density at radius 2 is 1.81 bits per heavy atom. The van der Waals surface area contributed by atoms with Gasteiger partial charge >= 0.3 is 0 Å². The smallest absolute Gasteiger partial charge is 0.265 e. The molecule has 0 aliphatic rings. The topological polar surface area (TPSA) is 38.3 Å². The average molecular weight is 324 g/mol. The number of aryl methyl sites for hydroxylation is 1. The van der Waals surface area contributed by atoms with Crippen LogP contribution in [0.5, 0.6) is 5.75 Å². The number of hydrogen-bond acceptors (Lipinski definition) is 2. The highest BCUT2D eigenvalue weighted by molar-refractivity contribution is 6.34. The number of hydrogen-bond donors (Lipinski definition) is 1. The first-order chi connectivity index (χ1) is 9.95. The van der Waals surface area contributed by atoms with Gasteiger partial charge in [0.2, 0.25) is 0 Å². The highest BCUT2D eigenvalue weighted by Gasteiger charge is 2.16. The second-order valence-corrected chi connectivity index (χ2v) is 5.53. The Morgan fingerprint density at radius 1 is 1.14 bits per heavy atom. The summed E-state index contributed by atoms with van der Waals surface area (Å²) in [4.78, 5) is 12.1. The van der Waals surface area contributed by atoms with Gasteiger partial charge in [-0.3, -0.25) is 4.79 Å². The molecule has 1 N–H and O–H groups in total. The predicted octanol–water partition coefficient (Wildman–Crippen LogP) is 4.71. The molecule has 2 aromatic carbocycles. The average Bonchev–Trinajstić information content (AvgIpc) is 2.45. The van der Waals surface area contributed by atoms with Gasteiger partial charge in [-0.25, -0.2) is 0 Å². The van der Waals surface area contributed by atoms with Crippen molar-refractivity contribution >= 4 is 34.8 Å². The summed E-state index contributed by atoms with van der Waals surface area (Å²) < 4.78 is 5.56. The second-order valence-electron chi connectivity index (χ2n) is 4.69. The van der Waals surface area contributed by atoms with Crippen LogP contribution in [0.1, 0.15) is 12.5 Å². The van der Waals surface area contributed by atoms with Crippen LogP contribution >= 0.6 is 23.2 Å². The molecule has 0 aliphatic carbocycles. The number of nitrogens with one attached hydrogen (secondary N) is 1. The first-order valence-electron chi connectivity index (χ1n) is 6.45. The summed E-state index contributed by atoms with van der Waals surface area (Å²) >= 11 is 11.9. The van der Waals surface area contributed by atoms with Crippen molar-refractivity contribution in [2.45, 2.75) is 20.0 Å². The summed E-state index contributed by atoms with van der Waals surface area (Å²) in [6.45, 7) is 3.64. The maximum atomic E-state index is 12.1. The van der Waals surface area contributed by atoms with Gasteiger partial charge in [0.25, 0.3) is 5.91 Å². The maximum Gasteiger partial charge on any atom is 0.265 e. The highest BCUT2D eigenvalue weighted by atomic mass is 35.5. The lowest BCUT2D eigenvalue weighted by Crippen LogP contribution is -2.30. The van der Waals surface area contributed by atoms with Crippen LogP contribution < -0.4 is 10.1 Å². The third-order valence-corrected chi connectivity index (χ3v) is 3.43. The molecule has 0 saturated heterocycles. The van der Waals surface area contributed by atoms with E-state index >= 15 is 0 Å². The lowest BCUT2D eigenvalue weighted by Gasteiger charge is -2.16. The fourth-order valence-electron chi connectivity index (χ4n) is 1.69. The number of ether oxygens (including phenoxy) is 1. The van der Waals surface area contributed by atoms with Crippen molar-refractivity contribution in [3.05, 3.63) is 58.1 Å². The largest absolute Gasteiger partial charge is 0.479 e. The third kappa shape index (κ3) is 4.38. The van der Waals surface area contributed by atoms with Crippen molar-refractivity contribution < 1.29 is 9.53 Å². The van der Waals surface area contributed by atoms with Crippen molar-refractivity contribution in [3.8, 4) is 5.75 Å². The number of anilines is 1. The first-order valence-corrected chi connectivity index (χ1v) is 7.20. The van der Waals surface area contributed by atoms with E-state index in [4.69, 9.17) is 27.9 Å². The van der Waals surface area contributed by atoms with Crippen LogP contribution in [-0.4, -0.2) is 12.0 Å². The molecule has 2 rings (SSSR count). The molecule has 2 aromatic rings. The zero-order chi connectivity index (χ0) is 15.4. The number of rotatable bonds is 4. The van der Waals surface area contributed by atoms with Gasteiger partial charge < -0.3 is 10.1 Å². The lowest BCUT2D eigenvalue weighted by molar-refractivity contribution is -0.122. The molecule has 1 amide bonds. The fourth-order valence-corrected chi connectivity index (χ4v) is 2.02. The fraction of sp³-hybridized carbons (Fsp3) is 0.188. The maximum absolute atomic E-state index is 12.1. The molecule has 1 atom stereocenters. The summed E-state index contributed by atoms with van der Waals surface area (Å²) in [5, 5.41) is 3.70. The molecule has 5 heteroatoms. The monoisotopic (exact) mass is 323 g/mol. The number of amides is 1. The van der Waals surface area contributed by atoms with Crippen molar-refractivity contribution in [2.24, 2.45) is 0 Å². The summed E-state index contributed by atoms with van der Waals surface area (Å²) in [6, 6.07) is 12.4. The molecule has 0 aromatic heterocycles. The van der Waals surface area contributed by atoms with E-state index in [1.54, 1.807) is 25.1 Å². The van der Waals surface area contributed by atoms with E-state index in [9.17, 15) is 4.79 Å². The van der Waals surface area contributed by atoms with Gasteiger partial charge in [-0.05, 0) is 38.1 Å². The van der Waals surface area contributed by atoms with Crippen LogP contribution in [0.2, 0.25) is 10.0 Å². The molecule has 0 fully saturated rings. The molecule has 0 saturated carbocycles. The third-order valence-electron chi connectivity index (χ3n) is 2.89. The van der Waals surface area contributed by atoms with E-state index in [0.717, 1.165) is 11.3 Å². The van der Waals surface area contributed by atoms with Crippen LogP contribution in [-0.2, 0) is 4.79 Å². The summed E-state index contributed by atoms with van der Waals surface area (Å²) in [5.41, 5.74) is 1.85. The van der Waals surface area contributed by atoms with Gasteiger partial charge in [0.1, 0.15) is 5.75 Å². The Morgan fingerprint density at radius 3 is 2.48 bits per heavy atom. The Balaban J connectivity index is 2.02. The molecule has 21 heavy (non-hydrogen) atoms. The molecule has 0 unspecified atom stereocenters. The van der Waals surface area contributed by atoms with Gasteiger partial charge in [0.05, 0.1) is 5.02 Å². The normalized spacial score (nSPS) is 11.8. The zero-order valence-corrected chi connectivity index (χ0v) is 13.2. The van der Waals surface area contributed by atoms with Crippen LogP contribution in [0.4, 0.5) is 5.69 Å². The number of carbonyl (C=O) groups excluding carboxylic acids is 1. The molecule has 0 bridgehead atoms. The molecule has 0 heterocycles. The molecular formula is C16H15Cl2NO2. The minimum absolute atomic E-state index is 0.255. The van der Waals surface area contributed by atoms with Crippen LogP contribution in [0.3, 0.4) is 0 Å². The van der Waals surface area contributed by atoms with Gasteiger partial charge in [0.15, 0.2) is 6.10 Å². The summed E-state index contributed by atoms with van der Waals surface area (Å²) in [6.07, 6.45) is -0.692. The number of carbonyl (C=O) groups is 1. The van der Waals surface area contributed by atoms with Crippen LogP contribution in [0.15, 0.2) is 42.5 Å². The predicted molar refractivity (Wildman–Crippen MR) is 86.4 cm³/mol. The van der Waals surface area contributed by atoms with Gasteiger partial charge in [0, 0.05) is 16.8 Å². The number of benzene rings is 2. The van der Waals surface area contributed by atoms with Crippen molar-refractivity contribution in [1.29, 1.82) is 0 Å². The molecule has 0 spiro atoms. The highest BCUT2D eigenvalue weighted by Crippen LogP contribution is 2.28. The zero-order valence-electron chi connectivity index (χ0n) is 11.7. The Labute approximate surface area is 133 Å². The minimum atomic E-state index is -0.692. The van der Waals surface area contributed by atoms with Crippen molar-refractivity contribution in [3.63, 3.8) is 0 Å². The Kier molecular flexibility index (Phi) is 5.10. The lowest BCUT2D eigenvalue weighted by atomic mass is 10.2. The van der Waals surface area contributed by atoms with Gasteiger partial charge in [-0.15, -0.1) is 0 Å². The number of halogens is 2. The van der Waals surface area contributed by atoms with Gasteiger partial charge in [-0.1, -0.05) is 40.9 Å². The first kappa shape index (κ1) is 15.7. The van der Waals surface area contributed by atoms with Crippen molar-refractivity contribution in [2.75, 3.05) is 5.32 Å². The van der Waals surface area contributed by atoms with E-state index in [1.165, 1.54) is 0 Å². The molecule has 0 aliphatic heterocycles. The van der Waals surface area contributed by atoms with E-state index in [2.05, 4.69) is 5.32 Å². The SMILES string of the molecule is Cc1ccc(NC(=O)[C@H](C)Oc2cc(Cl)ccc2Cl)cc1. The van der Waals surface area contributed by atoms with E-state index in [-0.39, 0.29) is 5.91 Å². The Hall–Kier alpha value is -1.71. The second kappa shape index (κ2) is 6.83. The standard InChI is InChI=1S/C16H15Cl2NO2/c1-10-3-6-13(7-4-10)19-16(20)11(2)21-15-9-12(17)5-8-14(15)18/h3-9,11H,1-2H3,(H,19,20)/t11-/m0/s1. The minimum Gasteiger partial charge on any atom is -0.479 e.